The third-order valence-corrected chi connectivity index (χ3v) is 5.17. The Bertz CT molecular complexity index is 866. The third-order valence-electron chi connectivity index (χ3n) is 5.17. The van der Waals surface area contributed by atoms with Crippen molar-refractivity contribution >= 4 is 17.5 Å². The van der Waals surface area contributed by atoms with E-state index in [2.05, 4.69) is 5.32 Å². The molecule has 1 saturated heterocycles. The summed E-state index contributed by atoms with van der Waals surface area (Å²) in [7, 11) is 0. The summed E-state index contributed by atoms with van der Waals surface area (Å²) in [6, 6.07) is 9.94. The van der Waals surface area contributed by atoms with Crippen LogP contribution in [0.25, 0.3) is 0 Å². The molecule has 0 bridgehead atoms. The summed E-state index contributed by atoms with van der Waals surface area (Å²) in [6.07, 6.45) is 1.12. The molecule has 1 heterocycles. The number of carbonyl (C=O) groups excluding carboxylic acids is 1. The number of rotatable bonds is 7. The van der Waals surface area contributed by atoms with Crippen molar-refractivity contribution in [2.75, 3.05) is 36.5 Å². The summed E-state index contributed by atoms with van der Waals surface area (Å²) in [6.45, 7) is 6.48. The van der Waals surface area contributed by atoms with Crippen LogP contribution in [0.5, 0.6) is 0 Å². The molecule has 1 aliphatic rings. The topological polar surface area (TPSA) is 79.0 Å². The van der Waals surface area contributed by atoms with Crippen LogP contribution in [0.15, 0.2) is 39.9 Å². The van der Waals surface area contributed by atoms with Crippen molar-refractivity contribution in [2.24, 2.45) is 0 Å². The highest BCUT2D eigenvalue weighted by Crippen LogP contribution is 2.25. The van der Waals surface area contributed by atoms with Crippen LogP contribution in [-0.4, -0.2) is 43.3 Å². The summed E-state index contributed by atoms with van der Waals surface area (Å²) in [5.74, 6) is 0. The van der Waals surface area contributed by atoms with Gasteiger partial charge in [-0.1, -0.05) is 30.3 Å². The quantitative estimate of drug-likeness (QED) is 0.737. The molecular weight excluding hydrogens is 358 g/mol. The van der Waals surface area contributed by atoms with Gasteiger partial charge in [-0.05, 0) is 32.3 Å². The molecule has 0 unspecified atom stereocenters. The Morgan fingerprint density at radius 2 is 1.82 bits per heavy atom. The van der Waals surface area contributed by atoms with Crippen LogP contribution in [-0.2, 0) is 11.3 Å². The zero-order chi connectivity index (χ0) is 20.1. The van der Waals surface area contributed by atoms with Gasteiger partial charge in [0.2, 0.25) is 0 Å². The molecule has 1 amide bonds. The number of nitrogens with one attached hydrogen (secondary N) is 1. The fourth-order valence-corrected chi connectivity index (χ4v) is 3.59. The first-order chi connectivity index (χ1) is 13.5. The van der Waals surface area contributed by atoms with E-state index in [0.29, 0.717) is 57.0 Å². The summed E-state index contributed by atoms with van der Waals surface area (Å²) in [4.78, 5) is 39.9. The van der Waals surface area contributed by atoms with Crippen LogP contribution in [0.2, 0.25) is 0 Å². The molecule has 2 aromatic rings. The molecule has 150 valence electrons. The second-order valence-corrected chi connectivity index (χ2v) is 6.99. The Hall–Kier alpha value is -2.83. The lowest BCUT2D eigenvalue weighted by Gasteiger charge is -2.34. The van der Waals surface area contributed by atoms with Gasteiger partial charge in [0.25, 0.3) is 10.9 Å². The van der Waals surface area contributed by atoms with Crippen molar-refractivity contribution in [2.45, 2.75) is 39.3 Å². The smallest absolute Gasteiger partial charge is 0.409 e. The highest BCUT2D eigenvalue weighted by Gasteiger charge is 2.29. The van der Waals surface area contributed by atoms with Crippen LogP contribution < -0.4 is 21.1 Å². The fourth-order valence-electron chi connectivity index (χ4n) is 3.59. The van der Waals surface area contributed by atoms with Crippen molar-refractivity contribution in [3.05, 3.63) is 56.3 Å². The molecule has 1 aliphatic heterocycles. The second kappa shape index (κ2) is 8.91. The SMILES string of the molecule is CCOC(=O)N1CCC(Nc2c(N(CC)Cc3ccccc3)c(=O)c2=O)CC1. The van der Waals surface area contributed by atoms with Gasteiger partial charge in [0, 0.05) is 32.2 Å². The standard InChI is InChI=1S/C21H27N3O4/c1-3-23(14-15-8-6-5-7-9-15)18-17(19(25)20(18)26)22-16-10-12-24(13-11-16)21(27)28-4-2/h5-9,16,22H,3-4,10-14H2,1-2H3. The number of piperidine rings is 1. The molecule has 0 aliphatic carbocycles. The largest absolute Gasteiger partial charge is 0.450 e. The maximum Gasteiger partial charge on any atom is 0.409 e. The first kappa shape index (κ1) is 19.9. The Kier molecular flexibility index (Phi) is 6.34. The highest BCUT2D eigenvalue weighted by atomic mass is 16.6. The molecule has 0 radical (unpaired) electrons. The lowest BCUT2D eigenvalue weighted by molar-refractivity contribution is 0.0983. The molecule has 0 spiro atoms. The van der Waals surface area contributed by atoms with Crippen molar-refractivity contribution < 1.29 is 9.53 Å². The van der Waals surface area contributed by atoms with E-state index in [0.717, 1.165) is 5.56 Å². The Labute approximate surface area is 164 Å². The van der Waals surface area contributed by atoms with Crippen LogP contribution in [0.4, 0.5) is 16.2 Å². The third kappa shape index (κ3) is 4.18. The monoisotopic (exact) mass is 385 g/mol. The van der Waals surface area contributed by atoms with Gasteiger partial charge >= 0.3 is 6.09 Å². The second-order valence-electron chi connectivity index (χ2n) is 6.99. The molecular formula is C21H27N3O4. The van der Waals surface area contributed by atoms with E-state index in [-0.39, 0.29) is 12.1 Å². The lowest BCUT2D eigenvalue weighted by Crippen LogP contribution is -2.47. The number of anilines is 2. The molecule has 28 heavy (non-hydrogen) atoms. The molecule has 1 fully saturated rings. The number of benzene rings is 1. The fraction of sp³-hybridized carbons (Fsp3) is 0.476. The van der Waals surface area contributed by atoms with Gasteiger partial charge in [0.15, 0.2) is 0 Å². The van der Waals surface area contributed by atoms with Gasteiger partial charge in [-0.3, -0.25) is 9.59 Å². The number of hydrogen-bond donors (Lipinski definition) is 1. The minimum absolute atomic E-state index is 0.0585. The van der Waals surface area contributed by atoms with E-state index < -0.39 is 10.9 Å². The van der Waals surface area contributed by atoms with Crippen LogP contribution in [0.1, 0.15) is 32.3 Å². The molecule has 0 aromatic heterocycles. The van der Waals surface area contributed by atoms with Crippen LogP contribution in [0.3, 0.4) is 0 Å². The van der Waals surface area contributed by atoms with Crippen molar-refractivity contribution in [3.8, 4) is 0 Å². The van der Waals surface area contributed by atoms with E-state index in [1.807, 2.05) is 42.2 Å². The zero-order valence-electron chi connectivity index (χ0n) is 16.4. The Morgan fingerprint density at radius 1 is 1.14 bits per heavy atom. The Morgan fingerprint density at radius 3 is 2.43 bits per heavy atom. The summed E-state index contributed by atoms with van der Waals surface area (Å²) < 4.78 is 5.03. The number of nitrogens with zero attached hydrogens (tertiary/aromatic N) is 2. The van der Waals surface area contributed by atoms with E-state index in [1.165, 1.54) is 0 Å². The molecule has 0 saturated carbocycles. The molecule has 0 atom stereocenters. The van der Waals surface area contributed by atoms with Gasteiger partial charge < -0.3 is 19.9 Å². The van der Waals surface area contributed by atoms with E-state index >= 15 is 0 Å². The first-order valence-electron chi connectivity index (χ1n) is 9.85. The predicted molar refractivity (Wildman–Crippen MR) is 110 cm³/mol. The summed E-state index contributed by atoms with van der Waals surface area (Å²) in [5, 5.41) is 3.27. The average Bonchev–Trinajstić information content (AvgIpc) is 2.73. The van der Waals surface area contributed by atoms with Crippen molar-refractivity contribution in [1.82, 2.24) is 4.90 Å². The number of hydrogen-bond acceptors (Lipinski definition) is 6. The molecule has 1 N–H and O–H groups in total. The average molecular weight is 385 g/mol. The minimum Gasteiger partial charge on any atom is -0.450 e. The number of ether oxygens (including phenoxy) is 1. The van der Waals surface area contributed by atoms with Gasteiger partial charge in [-0.15, -0.1) is 0 Å². The normalized spacial score (nSPS) is 14.9. The first-order valence-corrected chi connectivity index (χ1v) is 9.85. The molecule has 2 aromatic carbocycles. The number of likely N-dealkylation sites (tertiary alicyclic amines) is 1. The van der Waals surface area contributed by atoms with Gasteiger partial charge in [0.05, 0.1) is 6.61 Å². The lowest BCUT2D eigenvalue weighted by atomic mass is 10.0. The zero-order valence-corrected chi connectivity index (χ0v) is 16.4. The van der Waals surface area contributed by atoms with Crippen LogP contribution in [0, 0.1) is 0 Å². The number of carbonyl (C=O) groups is 1. The number of amides is 1. The van der Waals surface area contributed by atoms with Crippen molar-refractivity contribution in [1.29, 1.82) is 0 Å². The van der Waals surface area contributed by atoms with Crippen molar-refractivity contribution in [3.63, 3.8) is 0 Å². The maximum absolute atomic E-state index is 12.3. The molecule has 7 nitrogen and oxygen atoms in total. The van der Waals surface area contributed by atoms with E-state index in [1.54, 1.807) is 11.8 Å². The van der Waals surface area contributed by atoms with Gasteiger partial charge in [-0.25, -0.2) is 4.79 Å². The minimum atomic E-state index is -0.450. The van der Waals surface area contributed by atoms with Gasteiger partial charge in [-0.2, -0.15) is 0 Å². The summed E-state index contributed by atoms with van der Waals surface area (Å²) in [5.41, 5.74) is 1.10. The van der Waals surface area contributed by atoms with E-state index in [9.17, 15) is 14.4 Å². The van der Waals surface area contributed by atoms with Gasteiger partial charge in [0.1, 0.15) is 11.4 Å². The maximum atomic E-state index is 12.3. The molecule has 7 heteroatoms. The molecule has 3 rings (SSSR count). The Balaban J connectivity index is 1.66. The summed E-state index contributed by atoms with van der Waals surface area (Å²) >= 11 is 0. The highest BCUT2D eigenvalue weighted by molar-refractivity contribution is 5.75. The van der Waals surface area contributed by atoms with E-state index in [4.69, 9.17) is 4.74 Å². The predicted octanol–water partition coefficient (Wildman–Crippen LogP) is 2.34. The van der Waals surface area contributed by atoms with Crippen LogP contribution >= 0.6 is 0 Å².